The van der Waals surface area contributed by atoms with Crippen LogP contribution < -0.4 is 0 Å². The minimum Gasteiger partial charge on any atom is -0.192 e. The SMILES string of the molecule is N#Cc1cc2c(I)csc2cc1I. The molecule has 2 aromatic rings. The van der Waals surface area contributed by atoms with Gasteiger partial charge in [0.25, 0.3) is 0 Å². The van der Waals surface area contributed by atoms with Gasteiger partial charge in [0.2, 0.25) is 0 Å². The molecule has 4 heteroatoms. The van der Waals surface area contributed by atoms with Gasteiger partial charge in [0.15, 0.2) is 0 Å². The van der Waals surface area contributed by atoms with Gasteiger partial charge in [0, 0.05) is 22.6 Å². The summed E-state index contributed by atoms with van der Waals surface area (Å²) >= 11 is 6.22. The first kappa shape index (κ1) is 9.68. The molecular weight excluding hydrogens is 408 g/mol. The Morgan fingerprint density at radius 2 is 2.00 bits per heavy atom. The lowest BCUT2D eigenvalue weighted by atomic mass is 10.2. The summed E-state index contributed by atoms with van der Waals surface area (Å²) < 4.78 is 3.52. The largest absolute Gasteiger partial charge is 0.192 e. The second kappa shape index (κ2) is 3.71. The van der Waals surface area contributed by atoms with E-state index in [1.54, 1.807) is 11.3 Å². The summed E-state index contributed by atoms with van der Waals surface area (Å²) in [6.45, 7) is 0. The van der Waals surface area contributed by atoms with Crippen LogP contribution in [0.15, 0.2) is 17.5 Å². The molecule has 0 fully saturated rings. The average molecular weight is 411 g/mol. The van der Waals surface area contributed by atoms with Crippen molar-refractivity contribution in [2.45, 2.75) is 0 Å². The average Bonchev–Trinajstić information content (AvgIpc) is 2.46. The van der Waals surface area contributed by atoms with E-state index < -0.39 is 0 Å². The molecule has 0 aliphatic rings. The fraction of sp³-hybridized carbons (Fsp3) is 0. The maximum Gasteiger partial charge on any atom is 0.100 e. The van der Waals surface area contributed by atoms with Gasteiger partial charge in [-0.2, -0.15) is 5.26 Å². The van der Waals surface area contributed by atoms with Crippen molar-refractivity contribution < 1.29 is 0 Å². The first-order chi connectivity index (χ1) is 6.22. The van der Waals surface area contributed by atoms with Crippen molar-refractivity contribution in [1.82, 2.24) is 0 Å². The molecule has 64 valence electrons. The molecule has 1 heterocycles. The summed E-state index contributed by atoms with van der Waals surface area (Å²) in [6, 6.07) is 6.24. The molecule has 0 spiro atoms. The van der Waals surface area contributed by atoms with Crippen molar-refractivity contribution in [3.8, 4) is 6.07 Å². The van der Waals surface area contributed by atoms with E-state index in [1.165, 1.54) is 13.7 Å². The Morgan fingerprint density at radius 1 is 1.23 bits per heavy atom. The third kappa shape index (κ3) is 1.69. The first-order valence-electron chi connectivity index (χ1n) is 3.48. The van der Waals surface area contributed by atoms with Gasteiger partial charge < -0.3 is 0 Å². The van der Waals surface area contributed by atoms with Gasteiger partial charge in [-0.1, -0.05) is 0 Å². The molecule has 0 aliphatic carbocycles. The van der Waals surface area contributed by atoms with Gasteiger partial charge in [-0.3, -0.25) is 0 Å². The van der Waals surface area contributed by atoms with E-state index in [2.05, 4.69) is 62.7 Å². The smallest absolute Gasteiger partial charge is 0.100 e. The van der Waals surface area contributed by atoms with Gasteiger partial charge >= 0.3 is 0 Å². The van der Waals surface area contributed by atoms with Gasteiger partial charge in [0.05, 0.1) is 5.56 Å². The molecule has 0 radical (unpaired) electrons. The van der Waals surface area contributed by atoms with E-state index in [0.717, 1.165) is 9.13 Å². The Hall–Kier alpha value is 0.130. The van der Waals surface area contributed by atoms with E-state index in [-0.39, 0.29) is 0 Å². The van der Waals surface area contributed by atoms with Crippen molar-refractivity contribution in [2.24, 2.45) is 0 Å². The van der Waals surface area contributed by atoms with Gasteiger partial charge in [-0.15, -0.1) is 11.3 Å². The molecule has 0 N–H and O–H groups in total. The normalized spacial score (nSPS) is 10.2. The van der Waals surface area contributed by atoms with Crippen LogP contribution in [0.4, 0.5) is 0 Å². The zero-order valence-corrected chi connectivity index (χ0v) is 11.5. The number of halogens is 2. The highest BCUT2D eigenvalue weighted by Gasteiger charge is 2.05. The number of thiophene rings is 1. The molecule has 1 nitrogen and oxygen atoms in total. The van der Waals surface area contributed by atoms with Crippen molar-refractivity contribution in [2.75, 3.05) is 0 Å². The van der Waals surface area contributed by atoms with Crippen molar-refractivity contribution >= 4 is 66.6 Å². The first-order valence-corrected chi connectivity index (χ1v) is 6.52. The third-order valence-corrected chi connectivity index (χ3v) is 4.89. The number of nitrogens with zero attached hydrogens (tertiary/aromatic N) is 1. The van der Waals surface area contributed by atoms with Gasteiger partial charge in [-0.05, 0) is 57.3 Å². The molecule has 2 rings (SSSR count). The van der Waals surface area contributed by atoms with Crippen LogP contribution in [-0.2, 0) is 0 Å². The van der Waals surface area contributed by atoms with Crippen molar-refractivity contribution in [3.63, 3.8) is 0 Å². The number of hydrogen-bond acceptors (Lipinski definition) is 2. The summed E-state index contributed by atoms with van der Waals surface area (Å²) in [5, 5.41) is 12.2. The third-order valence-electron chi connectivity index (χ3n) is 1.74. The van der Waals surface area contributed by atoms with Crippen LogP contribution in [0.5, 0.6) is 0 Å². The molecule has 0 amide bonds. The highest BCUT2D eigenvalue weighted by atomic mass is 127. The minimum absolute atomic E-state index is 0.768. The summed E-state index contributed by atoms with van der Waals surface area (Å²) in [4.78, 5) is 0. The zero-order valence-electron chi connectivity index (χ0n) is 6.34. The summed E-state index contributed by atoms with van der Waals surface area (Å²) in [7, 11) is 0. The maximum absolute atomic E-state index is 8.85. The van der Waals surface area contributed by atoms with Crippen LogP contribution >= 0.6 is 56.5 Å². The van der Waals surface area contributed by atoms with E-state index in [4.69, 9.17) is 5.26 Å². The van der Waals surface area contributed by atoms with Crippen LogP contribution in [0.3, 0.4) is 0 Å². The quantitative estimate of drug-likeness (QED) is 0.602. The fourth-order valence-corrected chi connectivity index (χ4v) is 3.75. The monoisotopic (exact) mass is 411 g/mol. The van der Waals surface area contributed by atoms with Crippen LogP contribution in [0.2, 0.25) is 0 Å². The second-order valence-corrected chi connectivity index (χ2v) is 5.76. The molecular formula is C9H3I2NS. The van der Waals surface area contributed by atoms with Crippen LogP contribution in [0, 0.1) is 18.5 Å². The highest BCUT2D eigenvalue weighted by molar-refractivity contribution is 14.1. The zero-order chi connectivity index (χ0) is 9.42. The lowest BCUT2D eigenvalue weighted by Gasteiger charge is -1.95. The number of fused-ring (bicyclic) bond motifs is 1. The predicted molar refractivity (Wildman–Crippen MR) is 72.0 cm³/mol. The van der Waals surface area contributed by atoms with Gasteiger partial charge in [0.1, 0.15) is 6.07 Å². The molecule has 0 saturated carbocycles. The summed E-state index contributed by atoms with van der Waals surface area (Å²) in [6.07, 6.45) is 0. The Bertz CT molecular complexity index is 510. The minimum atomic E-state index is 0.768. The molecule has 13 heavy (non-hydrogen) atoms. The van der Waals surface area contributed by atoms with Crippen molar-refractivity contribution in [1.29, 1.82) is 5.26 Å². The number of rotatable bonds is 0. The van der Waals surface area contributed by atoms with Crippen LogP contribution in [-0.4, -0.2) is 0 Å². The van der Waals surface area contributed by atoms with E-state index in [0.29, 0.717) is 0 Å². The van der Waals surface area contributed by atoms with Crippen molar-refractivity contribution in [3.05, 3.63) is 30.2 Å². The summed E-state index contributed by atoms with van der Waals surface area (Å²) in [5.74, 6) is 0. The van der Waals surface area contributed by atoms with E-state index in [1.807, 2.05) is 6.07 Å². The number of nitriles is 1. The number of benzene rings is 1. The molecule has 1 aromatic carbocycles. The predicted octanol–water partition coefficient (Wildman–Crippen LogP) is 3.98. The summed E-state index contributed by atoms with van der Waals surface area (Å²) in [5.41, 5.74) is 0.768. The highest BCUT2D eigenvalue weighted by Crippen LogP contribution is 2.30. The molecule has 0 bridgehead atoms. The van der Waals surface area contributed by atoms with Gasteiger partial charge in [-0.25, -0.2) is 0 Å². The van der Waals surface area contributed by atoms with E-state index in [9.17, 15) is 0 Å². The standard InChI is InChI=1S/C9H3I2NS/c10-7-2-9-6(1-5(7)3-12)8(11)4-13-9/h1-2,4H. The van der Waals surface area contributed by atoms with E-state index >= 15 is 0 Å². The molecule has 0 saturated heterocycles. The topological polar surface area (TPSA) is 23.8 Å². The Balaban J connectivity index is 2.86. The Morgan fingerprint density at radius 3 is 2.69 bits per heavy atom. The second-order valence-electron chi connectivity index (χ2n) is 2.52. The van der Waals surface area contributed by atoms with Crippen LogP contribution in [0.25, 0.3) is 10.1 Å². The molecule has 0 atom stereocenters. The Kier molecular flexibility index (Phi) is 2.76. The lowest BCUT2D eigenvalue weighted by Crippen LogP contribution is -1.80. The van der Waals surface area contributed by atoms with Crippen LogP contribution in [0.1, 0.15) is 5.56 Å². The number of hydrogen-bond donors (Lipinski definition) is 0. The fourth-order valence-electron chi connectivity index (χ4n) is 1.10. The molecule has 1 aromatic heterocycles. The molecule has 0 unspecified atom stereocenters. The maximum atomic E-state index is 8.85. The lowest BCUT2D eigenvalue weighted by molar-refractivity contribution is 1.48. The molecule has 0 aliphatic heterocycles. The Labute approximate surface area is 107 Å².